The molecule has 2 aromatic heterocycles. The molecule has 0 aliphatic rings. The van der Waals surface area contributed by atoms with E-state index < -0.39 is 15.9 Å². The van der Waals surface area contributed by atoms with E-state index in [2.05, 4.69) is 15.2 Å². The van der Waals surface area contributed by atoms with Crippen LogP contribution in [0.25, 0.3) is 0 Å². The van der Waals surface area contributed by atoms with E-state index in [1.165, 1.54) is 18.5 Å². The Hall–Kier alpha value is -1.71. The van der Waals surface area contributed by atoms with Crippen molar-refractivity contribution < 1.29 is 17.7 Å². The molecule has 0 saturated heterocycles. The molecule has 1 amide bonds. The minimum Gasteiger partial charge on any atom is -0.360 e. The van der Waals surface area contributed by atoms with Crippen molar-refractivity contribution in [2.75, 3.05) is 12.4 Å². The first-order chi connectivity index (χ1) is 8.92. The van der Waals surface area contributed by atoms with Gasteiger partial charge in [0, 0.05) is 11.4 Å². The average molecular weight is 301 g/mol. The molecule has 0 atom stereocenters. The summed E-state index contributed by atoms with van der Waals surface area (Å²) in [6.07, 6.45) is 0. The lowest BCUT2D eigenvalue weighted by Gasteiger charge is -1.98. The van der Waals surface area contributed by atoms with E-state index in [0.29, 0.717) is 5.76 Å². The van der Waals surface area contributed by atoms with Gasteiger partial charge in [-0.3, -0.25) is 4.79 Å². The van der Waals surface area contributed by atoms with Gasteiger partial charge in [-0.05, 0) is 20.0 Å². The molecule has 0 aliphatic heterocycles. The predicted octanol–water partition coefficient (Wildman–Crippen LogP) is 1.20. The SMILES string of the molecule is CNS(=O)(=O)c1csc(C(=O)Nc2cc(C)on2)c1. The number of rotatable bonds is 4. The van der Waals surface area contributed by atoms with E-state index in [4.69, 9.17) is 4.52 Å². The fraction of sp³-hybridized carbons (Fsp3) is 0.200. The molecule has 0 aromatic carbocycles. The molecule has 0 bridgehead atoms. The molecule has 0 unspecified atom stereocenters. The van der Waals surface area contributed by atoms with E-state index in [1.807, 2.05) is 0 Å². The molecule has 0 aliphatic carbocycles. The summed E-state index contributed by atoms with van der Waals surface area (Å²) in [4.78, 5) is 12.2. The zero-order valence-electron chi connectivity index (χ0n) is 10.1. The van der Waals surface area contributed by atoms with Crippen LogP contribution in [-0.4, -0.2) is 26.5 Å². The summed E-state index contributed by atoms with van der Waals surface area (Å²) < 4.78 is 30.1. The Bertz CT molecular complexity index is 702. The second-order valence-electron chi connectivity index (χ2n) is 3.63. The van der Waals surface area contributed by atoms with Crippen molar-refractivity contribution in [2.45, 2.75) is 11.8 Å². The van der Waals surface area contributed by atoms with Crippen molar-refractivity contribution >= 4 is 33.1 Å². The molecule has 0 saturated carbocycles. The van der Waals surface area contributed by atoms with Gasteiger partial charge in [0.2, 0.25) is 10.0 Å². The summed E-state index contributed by atoms with van der Waals surface area (Å²) in [5.41, 5.74) is 0. The number of amides is 1. The van der Waals surface area contributed by atoms with E-state index in [-0.39, 0.29) is 15.6 Å². The number of sulfonamides is 1. The molecular formula is C10H11N3O4S2. The molecule has 2 N–H and O–H groups in total. The molecule has 9 heteroatoms. The number of carbonyl (C=O) groups excluding carboxylic acids is 1. The van der Waals surface area contributed by atoms with Crippen LogP contribution in [0, 0.1) is 6.92 Å². The van der Waals surface area contributed by atoms with Crippen LogP contribution in [0.1, 0.15) is 15.4 Å². The molecule has 0 fully saturated rings. The van der Waals surface area contributed by atoms with Gasteiger partial charge in [0.15, 0.2) is 5.82 Å². The maximum absolute atomic E-state index is 11.9. The number of thiophene rings is 1. The highest BCUT2D eigenvalue weighted by Gasteiger charge is 2.17. The molecule has 2 rings (SSSR count). The van der Waals surface area contributed by atoms with E-state index in [0.717, 1.165) is 11.3 Å². The molecule has 7 nitrogen and oxygen atoms in total. The van der Waals surface area contributed by atoms with E-state index in [9.17, 15) is 13.2 Å². The maximum atomic E-state index is 11.9. The minimum absolute atomic E-state index is 0.0569. The van der Waals surface area contributed by atoms with Gasteiger partial charge in [-0.15, -0.1) is 11.3 Å². The summed E-state index contributed by atoms with van der Waals surface area (Å²) in [6, 6.07) is 2.87. The first-order valence-corrected chi connectivity index (χ1v) is 7.55. The standard InChI is InChI=1S/C10H11N3O4S2/c1-6-3-9(13-17-6)12-10(14)8-4-7(5-18-8)19(15,16)11-2/h3-5,11H,1-2H3,(H,12,13,14). The molecule has 0 radical (unpaired) electrons. The van der Waals surface area contributed by atoms with Gasteiger partial charge in [-0.1, -0.05) is 5.16 Å². The molecule has 2 aromatic rings. The van der Waals surface area contributed by atoms with Gasteiger partial charge in [0.1, 0.15) is 5.76 Å². The van der Waals surface area contributed by atoms with Gasteiger partial charge < -0.3 is 9.84 Å². The Labute approximate surface area is 113 Å². The minimum atomic E-state index is -3.53. The van der Waals surface area contributed by atoms with Crippen LogP contribution >= 0.6 is 11.3 Å². The molecule has 2 heterocycles. The Kier molecular flexibility index (Phi) is 3.69. The zero-order chi connectivity index (χ0) is 14.0. The Balaban J connectivity index is 2.17. The normalized spacial score (nSPS) is 11.5. The second kappa shape index (κ2) is 5.11. The highest BCUT2D eigenvalue weighted by molar-refractivity contribution is 7.89. The van der Waals surface area contributed by atoms with Crippen LogP contribution in [0.15, 0.2) is 26.9 Å². The van der Waals surface area contributed by atoms with Crippen molar-refractivity contribution in [2.24, 2.45) is 0 Å². The van der Waals surface area contributed by atoms with Crippen molar-refractivity contribution in [1.29, 1.82) is 0 Å². The first-order valence-electron chi connectivity index (χ1n) is 5.19. The lowest BCUT2D eigenvalue weighted by Crippen LogP contribution is -2.18. The van der Waals surface area contributed by atoms with Gasteiger partial charge in [0.25, 0.3) is 5.91 Å². The smallest absolute Gasteiger partial charge is 0.267 e. The Morgan fingerprint density at radius 1 is 1.42 bits per heavy atom. The van der Waals surface area contributed by atoms with Gasteiger partial charge in [-0.2, -0.15) is 0 Å². The number of aryl methyl sites for hydroxylation is 1. The summed E-state index contributed by atoms with van der Waals surface area (Å²) >= 11 is 1.04. The van der Waals surface area contributed by atoms with Crippen molar-refractivity contribution in [3.63, 3.8) is 0 Å². The highest BCUT2D eigenvalue weighted by atomic mass is 32.2. The first kappa shape index (κ1) is 13.7. The molecule has 19 heavy (non-hydrogen) atoms. The van der Waals surface area contributed by atoms with Crippen LogP contribution in [-0.2, 0) is 10.0 Å². The largest absolute Gasteiger partial charge is 0.360 e. The second-order valence-corrected chi connectivity index (χ2v) is 6.43. The average Bonchev–Trinajstić information content (AvgIpc) is 2.98. The van der Waals surface area contributed by atoms with Crippen molar-refractivity contribution in [3.05, 3.63) is 28.2 Å². The fourth-order valence-corrected chi connectivity index (χ4v) is 3.20. The number of nitrogens with zero attached hydrogens (tertiary/aromatic N) is 1. The lowest BCUT2D eigenvalue weighted by molar-refractivity contribution is 0.102. The number of nitrogens with one attached hydrogen (secondary N) is 2. The van der Waals surface area contributed by atoms with Gasteiger partial charge in [0.05, 0.1) is 9.77 Å². The van der Waals surface area contributed by atoms with Crippen molar-refractivity contribution in [3.8, 4) is 0 Å². The summed E-state index contributed by atoms with van der Waals surface area (Å²) in [6.45, 7) is 1.70. The molecular weight excluding hydrogens is 290 g/mol. The monoisotopic (exact) mass is 301 g/mol. The van der Waals surface area contributed by atoms with Gasteiger partial charge >= 0.3 is 0 Å². The van der Waals surface area contributed by atoms with Crippen LogP contribution in [0.5, 0.6) is 0 Å². The van der Waals surface area contributed by atoms with Gasteiger partial charge in [-0.25, -0.2) is 13.1 Å². The summed E-state index contributed by atoms with van der Waals surface area (Å²) in [5, 5.41) is 7.53. The summed E-state index contributed by atoms with van der Waals surface area (Å²) in [5.74, 6) is 0.421. The zero-order valence-corrected chi connectivity index (χ0v) is 11.8. The Morgan fingerprint density at radius 2 is 2.16 bits per heavy atom. The third kappa shape index (κ3) is 3.00. The topological polar surface area (TPSA) is 101 Å². The lowest BCUT2D eigenvalue weighted by atomic mass is 10.4. The number of aromatic nitrogens is 1. The highest BCUT2D eigenvalue weighted by Crippen LogP contribution is 2.20. The number of hydrogen-bond acceptors (Lipinski definition) is 6. The molecule has 0 spiro atoms. The fourth-order valence-electron chi connectivity index (χ4n) is 1.30. The van der Waals surface area contributed by atoms with Crippen LogP contribution in [0.3, 0.4) is 0 Å². The Morgan fingerprint density at radius 3 is 2.74 bits per heavy atom. The van der Waals surface area contributed by atoms with Crippen molar-refractivity contribution in [1.82, 2.24) is 9.88 Å². The summed E-state index contributed by atoms with van der Waals surface area (Å²) in [7, 11) is -2.22. The van der Waals surface area contributed by atoms with E-state index in [1.54, 1.807) is 13.0 Å². The number of anilines is 1. The van der Waals surface area contributed by atoms with Crippen LogP contribution in [0.4, 0.5) is 5.82 Å². The number of carbonyl (C=O) groups is 1. The quantitative estimate of drug-likeness (QED) is 0.883. The van der Waals surface area contributed by atoms with Crippen LogP contribution in [0.2, 0.25) is 0 Å². The van der Waals surface area contributed by atoms with Crippen LogP contribution < -0.4 is 10.0 Å². The van der Waals surface area contributed by atoms with E-state index >= 15 is 0 Å². The third-order valence-electron chi connectivity index (χ3n) is 2.25. The molecule has 102 valence electrons. The predicted molar refractivity (Wildman–Crippen MR) is 69.8 cm³/mol. The maximum Gasteiger partial charge on any atom is 0.267 e. The number of hydrogen-bond donors (Lipinski definition) is 2. The third-order valence-corrected chi connectivity index (χ3v) is 4.72.